The SMILES string of the molecule is CN(Cc1ccccc1)c1ccc(CNC2CC2)cc1Cl. The molecule has 0 spiro atoms. The van der Waals surface area contributed by atoms with Crippen molar-refractivity contribution in [3.8, 4) is 0 Å². The molecule has 0 unspecified atom stereocenters. The molecule has 1 saturated carbocycles. The van der Waals surface area contributed by atoms with Gasteiger partial charge in [-0.15, -0.1) is 0 Å². The standard InChI is InChI=1S/C18H21ClN2/c1-21(13-14-5-3-2-4-6-14)18-10-7-15(11-17(18)19)12-20-16-8-9-16/h2-7,10-11,16,20H,8-9,12-13H2,1H3. The van der Waals surface area contributed by atoms with Crippen LogP contribution in [0.15, 0.2) is 48.5 Å². The van der Waals surface area contributed by atoms with Crippen LogP contribution in [-0.4, -0.2) is 13.1 Å². The van der Waals surface area contributed by atoms with E-state index in [0.29, 0.717) is 0 Å². The lowest BCUT2D eigenvalue weighted by atomic mass is 10.1. The van der Waals surface area contributed by atoms with Crippen LogP contribution in [0.3, 0.4) is 0 Å². The first-order chi connectivity index (χ1) is 10.2. The fraction of sp³-hybridized carbons (Fsp3) is 0.333. The van der Waals surface area contributed by atoms with E-state index < -0.39 is 0 Å². The summed E-state index contributed by atoms with van der Waals surface area (Å²) in [6.45, 7) is 1.77. The maximum absolute atomic E-state index is 6.45. The summed E-state index contributed by atoms with van der Waals surface area (Å²) < 4.78 is 0. The van der Waals surface area contributed by atoms with Gasteiger partial charge in [0.25, 0.3) is 0 Å². The first-order valence-electron chi connectivity index (χ1n) is 7.49. The largest absolute Gasteiger partial charge is 0.369 e. The van der Waals surface area contributed by atoms with Gasteiger partial charge in [0.2, 0.25) is 0 Å². The van der Waals surface area contributed by atoms with E-state index in [1.165, 1.54) is 24.0 Å². The van der Waals surface area contributed by atoms with Crippen molar-refractivity contribution in [1.82, 2.24) is 5.32 Å². The first kappa shape index (κ1) is 14.4. The van der Waals surface area contributed by atoms with E-state index in [0.717, 1.165) is 29.8 Å². The van der Waals surface area contributed by atoms with E-state index in [1.807, 2.05) is 6.07 Å². The van der Waals surface area contributed by atoms with Crippen LogP contribution in [0.1, 0.15) is 24.0 Å². The summed E-state index contributed by atoms with van der Waals surface area (Å²) in [5.41, 5.74) is 3.62. The molecule has 1 aliphatic carbocycles. The molecule has 0 bridgehead atoms. The maximum atomic E-state index is 6.45. The topological polar surface area (TPSA) is 15.3 Å². The summed E-state index contributed by atoms with van der Waals surface area (Å²) in [6, 6.07) is 17.5. The zero-order chi connectivity index (χ0) is 14.7. The molecule has 21 heavy (non-hydrogen) atoms. The Morgan fingerprint density at radius 2 is 1.86 bits per heavy atom. The molecule has 2 aromatic rings. The number of anilines is 1. The molecule has 0 atom stereocenters. The van der Waals surface area contributed by atoms with Crippen molar-refractivity contribution in [3.63, 3.8) is 0 Å². The lowest BCUT2D eigenvalue weighted by molar-refractivity contribution is 0.688. The number of nitrogens with one attached hydrogen (secondary N) is 1. The molecule has 0 radical (unpaired) electrons. The van der Waals surface area contributed by atoms with Gasteiger partial charge in [-0.2, -0.15) is 0 Å². The van der Waals surface area contributed by atoms with Gasteiger partial charge in [-0.05, 0) is 36.1 Å². The van der Waals surface area contributed by atoms with Crippen molar-refractivity contribution in [2.24, 2.45) is 0 Å². The highest BCUT2D eigenvalue weighted by atomic mass is 35.5. The minimum Gasteiger partial charge on any atom is -0.369 e. The molecule has 0 aliphatic heterocycles. The first-order valence-corrected chi connectivity index (χ1v) is 7.87. The highest BCUT2D eigenvalue weighted by Crippen LogP contribution is 2.28. The zero-order valence-corrected chi connectivity index (χ0v) is 13.1. The second-order valence-corrected chi connectivity index (χ2v) is 6.19. The van der Waals surface area contributed by atoms with Crippen molar-refractivity contribution in [2.45, 2.75) is 32.0 Å². The molecule has 3 rings (SSSR count). The van der Waals surface area contributed by atoms with Gasteiger partial charge < -0.3 is 10.2 Å². The van der Waals surface area contributed by atoms with Gasteiger partial charge in [0.1, 0.15) is 0 Å². The minimum atomic E-state index is 0.726. The van der Waals surface area contributed by atoms with E-state index in [-0.39, 0.29) is 0 Å². The Labute approximate surface area is 131 Å². The molecule has 1 N–H and O–H groups in total. The Bertz CT molecular complexity index is 593. The summed E-state index contributed by atoms with van der Waals surface area (Å²) in [4.78, 5) is 2.19. The second kappa shape index (κ2) is 6.50. The van der Waals surface area contributed by atoms with Crippen LogP contribution < -0.4 is 10.2 Å². The van der Waals surface area contributed by atoms with Crippen molar-refractivity contribution < 1.29 is 0 Å². The summed E-state index contributed by atoms with van der Waals surface area (Å²) in [6.07, 6.45) is 2.62. The quantitative estimate of drug-likeness (QED) is 0.859. The Morgan fingerprint density at radius 1 is 1.10 bits per heavy atom. The second-order valence-electron chi connectivity index (χ2n) is 5.78. The van der Waals surface area contributed by atoms with Crippen LogP contribution in [0, 0.1) is 0 Å². The van der Waals surface area contributed by atoms with Crippen molar-refractivity contribution in [2.75, 3.05) is 11.9 Å². The molecule has 2 nitrogen and oxygen atoms in total. The summed E-state index contributed by atoms with van der Waals surface area (Å²) in [7, 11) is 2.08. The monoisotopic (exact) mass is 300 g/mol. The van der Waals surface area contributed by atoms with Gasteiger partial charge in [-0.1, -0.05) is 48.0 Å². The number of hydrogen-bond donors (Lipinski definition) is 1. The van der Waals surface area contributed by atoms with Crippen LogP contribution in [-0.2, 0) is 13.1 Å². The van der Waals surface area contributed by atoms with Gasteiger partial charge in [-0.25, -0.2) is 0 Å². The van der Waals surface area contributed by atoms with E-state index in [1.54, 1.807) is 0 Å². The molecular weight excluding hydrogens is 280 g/mol. The number of nitrogens with zero attached hydrogens (tertiary/aromatic N) is 1. The summed E-state index contributed by atoms with van der Waals surface area (Å²) >= 11 is 6.45. The third-order valence-electron chi connectivity index (χ3n) is 3.86. The van der Waals surface area contributed by atoms with Crippen molar-refractivity contribution in [3.05, 3.63) is 64.7 Å². The van der Waals surface area contributed by atoms with Crippen LogP contribution in [0.4, 0.5) is 5.69 Å². The van der Waals surface area contributed by atoms with E-state index in [2.05, 4.69) is 59.7 Å². The predicted octanol–water partition coefficient (Wildman–Crippen LogP) is 4.23. The molecule has 0 heterocycles. The fourth-order valence-corrected chi connectivity index (χ4v) is 2.81. The van der Waals surface area contributed by atoms with Crippen LogP contribution >= 0.6 is 11.6 Å². The molecule has 3 heteroatoms. The number of benzene rings is 2. The van der Waals surface area contributed by atoms with E-state index >= 15 is 0 Å². The van der Waals surface area contributed by atoms with Gasteiger partial charge in [-0.3, -0.25) is 0 Å². The van der Waals surface area contributed by atoms with Crippen molar-refractivity contribution >= 4 is 17.3 Å². The van der Waals surface area contributed by atoms with Crippen LogP contribution in [0.25, 0.3) is 0 Å². The average molecular weight is 301 g/mol. The Balaban J connectivity index is 1.66. The Kier molecular flexibility index (Phi) is 4.47. The van der Waals surface area contributed by atoms with Crippen molar-refractivity contribution in [1.29, 1.82) is 0 Å². The normalized spacial score (nSPS) is 14.2. The third kappa shape index (κ3) is 3.99. The number of halogens is 1. The zero-order valence-electron chi connectivity index (χ0n) is 12.3. The van der Waals surface area contributed by atoms with Gasteiger partial charge in [0.05, 0.1) is 10.7 Å². The maximum Gasteiger partial charge on any atom is 0.0642 e. The fourth-order valence-electron chi connectivity index (χ4n) is 2.46. The lowest BCUT2D eigenvalue weighted by Crippen LogP contribution is -2.18. The summed E-state index contributed by atoms with van der Waals surface area (Å²) in [5.74, 6) is 0. The van der Waals surface area contributed by atoms with E-state index in [4.69, 9.17) is 11.6 Å². The Hall–Kier alpha value is -1.51. The third-order valence-corrected chi connectivity index (χ3v) is 4.16. The Morgan fingerprint density at radius 3 is 2.52 bits per heavy atom. The van der Waals surface area contributed by atoms with Gasteiger partial charge >= 0.3 is 0 Å². The molecule has 1 aliphatic rings. The molecule has 110 valence electrons. The van der Waals surface area contributed by atoms with Gasteiger partial charge in [0, 0.05) is 26.2 Å². The number of hydrogen-bond acceptors (Lipinski definition) is 2. The molecule has 2 aromatic carbocycles. The molecule has 0 saturated heterocycles. The molecule has 1 fully saturated rings. The van der Waals surface area contributed by atoms with Crippen LogP contribution in [0.2, 0.25) is 5.02 Å². The summed E-state index contributed by atoms with van der Waals surface area (Å²) in [5, 5.41) is 4.34. The highest BCUT2D eigenvalue weighted by Gasteiger charge is 2.20. The highest BCUT2D eigenvalue weighted by molar-refractivity contribution is 6.33. The smallest absolute Gasteiger partial charge is 0.0642 e. The predicted molar refractivity (Wildman–Crippen MR) is 89.9 cm³/mol. The molecular formula is C18H21ClN2. The minimum absolute atomic E-state index is 0.726. The number of rotatable bonds is 6. The lowest BCUT2D eigenvalue weighted by Gasteiger charge is -2.21. The average Bonchev–Trinajstić information content (AvgIpc) is 3.30. The molecule has 0 amide bonds. The van der Waals surface area contributed by atoms with Crippen LogP contribution in [0.5, 0.6) is 0 Å². The molecule has 0 aromatic heterocycles. The van der Waals surface area contributed by atoms with E-state index in [9.17, 15) is 0 Å². The van der Waals surface area contributed by atoms with Gasteiger partial charge in [0.15, 0.2) is 0 Å².